The molecule has 0 atom stereocenters. The molecule has 0 radical (unpaired) electrons. The van der Waals surface area contributed by atoms with Crippen molar-refractivity contribution in [3.8, 4) is 5.75 Å². The van der Waals surface area contributed by atoms with Gasteiger partial charge in [0.05, 0.1) is 6.61 Å². The van der Waals surface area contributed by atoms with Gasteiger partial charge in [-0.25, -0.2) is 0 Å². The quantitative estimate of drug-likeness (QED) is 0.747. The lowest BCUT2D eigenvalue weighted by Gasteiger charge is -2.15. The maximum atomic E-state index is 11.9. The molecule has 0 aliphatic heterocycles. The molecule has 0 heterocycles. The maximum Gasteiger partial charge on any atom is 0.411 e. The Bertz CT molecular complexity index is 408. The molecule has 20 heavy (non-hydrogen) atoms. The van der Waals surface area contributed by atoms with Crippen LogP contribution in [-0.4, -0.2) is 32.5 Å². The van der Waals surface area contributed by atoms with Crippen molar-refractivity contribution in [1.82, 2.24) is 5.32 Å². The van der Waals surface area contributed by atoms with Gasteiger partial charge in [0.1, 0.15) is 19.0 Å². The zero-order valence-electron chi connectivity index (χ0n) is 11.7. The van der Waals surface area contributed by atoms with E-state index in [2.05, 4.69) is 10.1 Å². The van der Waals surface area contributed by atoms with Crippen LogP contribution in [0.5, 0.6) is 5.75 Å². The molecular formula is C14H20F3NO2. The lowest BCUT2D eigenvalue weighted by atomic mass is 10.1. The van der Waals surface area contributed by atoms with Crippen LogP contribution in [0.1, 0.15) is 18.1 Å². The van der Waals surface area contributed by atoms with Crippen LogP contribution < -0.4 is 10.1 Å². The molecule has 0 saturated carbocycles. The monoisotopic (exact) mass is 291 g/mol. The van der Waals surface area contributed by atoms with Crippen molar-refractivity contribution >= 4 is 0 Å². The number of ether oxygens (including phenoxy) is 2. The van der Waals surface area contributed by atoms with Crippen LogP contribution in [0.3, 0.4) is 0 Å². The van der Waals surface area contributed by atoms with E-state index in [1.807, 2.05) is 32.0 Å². The smallest absolute Gasteiger partial charge is 0.411 e. The average molecular weight is 291 g/mol. The third-order valence-corrected chi connectivity index (χ3v) is 2.60. The molecule has 6 heteroatoms. The predicted octanol–water partition coefficient (Wildman–Crippen LogP) is 3.06. The Labute approximate surface area is 117 Å². The summed E-state index contributed by atoms with van der Waals surface area (Å²) in [4.78, 5) is 0. The summed E-state index contributed by atoms with van der Waals surface area (Å²) < 4.78 is 45.8. The lowest BCUT2D eigenvalue weighted by molar-refractivity contribution is -0.175. The van der Waals surface area contributed by atoms with Gasteiger partial charge in [-0.1, -0.05) is 25.1 Å². The molecule has 0 saturated heterocycles. The summed E-state index contributed by atoms with van der Waals surface area (Å²) in [7, 11) is 0. The zero-order valence-corrected chi connectivity index (χ0v) is 11.7. The highest BCUT2D eigenvalue weighted by molar-refractivity contribution is 5.40. The fourth-order valence-electron chi connectivity index (χ4n) is 1.71. The van der Waals surface area contributed by atoms with Gasteiger partial charge in [-0.05, 0) is 19.0 Å². The van der Waals surface area contributed by atoms with E-state index >= 15 is 0 Å². The van der Waals surface area contributed by atoms with E-state index in [-0.39, 0.29) is 13.2 Å². The number of rotatable bonds is 8. The van der Waals surface area contributed by atoms with E-state index in [1.54, 1.807) is 0 Å². The standard InChI is InChI=1S/C14H20F3NO2/c1-3-18-9-12-6-4-5-11(2)13(12)20-8-7-19-10-14(15,16)17/h4-6,18H,3,7-10H2,1-2H3. The van der Waals surface area contributed by atoms with E-state index in [0.29, 0.717) is 12.3 Å². The number of hydrogen-bond acceptors (Lipinski definition) is 3. The van der Waals surface area contributed by atoms with Crippen molar-refractivity contribution in [3.05, 3.63) is 29.3 Å². The Morgan fingerprint density at radius 2 is 1.95 bits per heavy atom. The number of benzene rings is 1. The van der Waals surface area contributed by atoms with Gasteiger partial charge in [-0.3, -0.25) is 0 Å². The first-order valence-corrected chi connectivity index (χ1v) is 6.50. The maximum absolute atomic E-state index is 11.9. The molecule has 0 aliphatic carbocycles. The number of para-hydroxylation sites is 1. The van der Waals surface area contributed by atoms with E-state index in [4.69, 9.17) is 4.74 Å². The zero-order chi connectivity index (χ0) is 15.0. The van der Waals surface area contributed by atoms with Gasteiger partial charge in [0.2, 0.25) is 0 Å². The van der Waals surface area contributed by atoms with Crippen molar-refractivity contribution in [2.75, 3.05) is 26.4 Å². The highest BCUT2D eigenvalue weighted by Gasteiger charge is 2.27. The Kier molecular flexibility index (Phi) is 6.81. The normalized spacial score (nSPS) is 11.7. The molecule has 0 bridgehead atoms. The Morgan fingerprint density at radius 3 is 2.60 bits per heavy atom. The van der Waals surface area contributed by atoms with Gasteiger partial charge in [-0.2, -0.15) is 13.2 Å². The fourth-order valence-corrected chi connectivity index (χ4v) is 1.71. The Morgan fingerprint density at radius 1 is 1.20 bits per heavy atom. The van der Waals surface area contributed by atoms with Gasteiger partial charge < -0.3 is 14.8 Å². The molecule has 0 unspecified atom stereocenters. The molecule has 1 N–H and O–H groups in total. The molecule has 3 nitrogen and oxygen atoms in total. The van der Waals surface area contributed by atoms with Crippen LogP contribution in [0, 0.1) is 6.92 Å². The molecule has 1 aromatic rings. The number of nitrogens with one attached hydrogen (secondary N) is 1. The minimum Gasteiger partial charge on any atom is -0.491 e. The first-order chi connectivity index (χ1) is 9.44. The van der Waals surface area contributed by atoms with Crippen LogP contribution in [0.25, 0.3) is 0 Å². The lowest BCUT2D eigenvalue weighted by Crippen LogP contribution is -2.20. The van der Waals surface area contributed by atoms with Gasteiger partial charge in [0.15, 0.2) is 0 Å². The summed E-state index contributed by atoms with van der Waals surface area (Å²) in [6.45, 7) is 4.17. The van der Waals surface area contributed by atoms with Crippen LogP contribution in [0.15, 0.2) is 18.2 Å². The van der Waals surface area contributed by atoms with Gasteiger partial charge in [0.25, 0.3) is 0 Å². The highest BCUT2D eigenvalue weighted by atomic mass is 19.4. The van der Waals surface area contributed by atoms with Crippen LogP contribution >= 0.6 is 0 Å². The summed E-state index contributed by atoms with van der Waals surface area (Å²) >= 11 is 0. The Balaban J connectivity index is 2.46. The third kappa shape index (κ3) is 6.25. The molecule has 0 spiro atoms. The fraction of sp³-hybridized carbons (Fsp3) is 0.571. The second-order valence-electron chi connectivity index (χ2n) is 4.36. The summed E-state index contributed by atoms with van der Waals surface area (Å²) in [5.74, 6) is 0.712. The first kappa shape index (κ1) is 16.8. The van der Waals surface area contributed by atoms with Gasteiger partial charge >= 0.3 is 6.18 Å². The van der Waals surface area contributed by atoms with Crippen LogP contribution in [0.4, 0.5) is 13.2 Å². The summed E-state index contributed by atoms with van der Waals surface area (Å²) in [6, 6.07) is 5.76. The van der Waals surface area contributed by atoms with E-state index in [1.165, 1.54) is 0 Å². The third-order valence-electron chi connectivity index (χ3n) is 2.60. The number of hydrogen-bond donors (Lipinski definition) is 1. The topological polar surface area (TPSA) is 30.5 Å². The SMILES string of the molecule is CCNCc1cccc(C)c1OCCOCC(F)(F)F. The minimum absolute atomic E-state index is 0.0888. The second kappa shape index (κ2) is 8.11. The van der Waals surface area contributed by atoms with E-state index in [0.717, 1.165) is 17.7 Å². The summed E-state index contributed by atoms with van der Waals surface area (Å²) in [6.07, 6.45) is -4.29. The minimum atomic E-state index is -4.29. The molecule has 0 fully saturated rings. The largest absolute Gasteiger partial charge is 0.491 e. The number of halogens is 3. The second-order valence-corrected chi connectivity index (χ2v) is 4.36. The number of alkyl halides is 3. The van der Waals surface area contributed by atoms with E-state index in [9.17, 15) is 13.2 Å². The van der Waals surface area contributed by atoms with Crippen molar-refractivity contribution < 1.29 is 22.6 Å². The van der Waals surface area contributed by atoms with Crippen LogP contribution in [-0.2, 0) is 11.3 Å². The number of aryl methyl sites for hydroxylation is 1. The molecule has 1 rings (SSSR count). The van der Waals surface area contributed by atoms with Crippen molar-refractivity contribution in [1.29, 1.82) is 0 Å². The molecule has 0 aromatic heterocycles. The molecule has 1 aromatic carbocycles. The van der Waals surface area contributed by atoms with Crippen LogP contribution in [0.2, 0.25) is 0 Å². The van der Waals surface area contributed by atoms with E-state index < -0.39 is 12.8 Å². The average Bonchev–Trinajstić information content (AvgIpc) is 2.36. The van der Waals surface area contributed by atoms with Gasteiger partial charge in [-0.15, -0.1) is 0 Å². The molecular weight excluding hydrogens is 271 g/mol. The molecule has 114 valence electrons. The first-order valence-electron chi connectivity index (χ1n) is 6.50. The summed E-state index contributed by atoms with van der Waals surface area (Å²) in [5, 5.41) is 3.19. The highest BCUT2D eigenvalue weighted by Crippen LogP contribution is 2.23. The van der Waals surface area contributed by atoms with Gasteiger partial charge in [0, 0.05) is 12.1 Å². The molecule has 0 amide bonds. The van der Waals surface area contributed by atoms with Crippen molar-refractivity contribution in [2.45, 2.75) is 26.6 Å². The van der Waals surface area contributed by atoms with Crippen molar-refractivity contribution in [2.24, 2.45) is 0 Å². The Hall–Kier alpha value is -1.27. The summed E-state index contributed by atoms with van der Waals surface area (Å²) in [5.41, 5.74) is 1.94. The van der Waals surface area contributed by atoms with Crippen molar-refractivity contribution in [3.63, 3.8) is 0 Å². The predicted molar refractivity (Wildman–Crippen MR) is 70.9 cm³/mol. The molecule has 0 aliphatic rings.